The summed E-state index contributed by atoms with van der Waals surface area (Å²) in [6.45, 7) is 10.2. The van der Waals surface area contributed by atoms with Gasteiger partial charge in [-0.05, 0) is 81.5 Å². The second-order valence-electron chi connectivity index (χ2n) is 8.07. The van der Waals surface area contributed by atoms with Crippen LogP contribution >= 0.6 is 23.6 Å². The zero-order valence-electron chi connectivity index (χ0n) is 17.3. The van der Waals surface area contributed by atoms with Crippen molar-refractivity contribution >= 4 is 39.6 Å². The summed E-state index contributed by atoms with van der Waals surface area (Å²) >= 11 is 7.52. The van der Waals surface area contributed by atoms with Crippen LogP contribution in [0.25, 0.3) is 10.9 Å². The van der Waals surface area contributed by atoms with E-state index in [1.54, 1.807) is 18.4 Å². The normalized spacial score (nSPS) is 11.6. The Bertz CT molecular complexity index is 939. The van der Waals surface area contributed by atoms with Gasteiger partial charge in [0.1, 0.15) is 5.75 Å². The fourth-order valence-electron chi connectivity index (χ4n) is 3.30. The largest absolute Gasteiger partial charge is 0.497 e. The third-order valence-electron chi connectivity index (χ3n) is 4.65. The average Bonchev–Trinajstić information content (AvgIpc) is 3.23. The number of hydrogen-bond donors (Lipinski definition) is 2. The van der Waals surface area contributed by atoms with E-state index >= 15 is 0 Å². The standard InChI is InChI=1S/C22H29N3OS2/c1-15-18(19-13-16(26-5)8-9-20(19)23-15)10-11-25(14-17-7-6-12-28-17)21(27)24-22(2,3)4/h6-9,12-13,23H,10-11,14H2,1-5H3,(H,24,27). The first kappa shape index (κ1) is 20.7. The van der Waals surface area contributed by atoms with Crippen molar-refractivity contribution < 1.29 is 4.74 Å². The van der Waals surface area contributed by atoms with Crippen LogP contribution in [0.2, 0.25) is 0 Å². The molecule has 0 saturated heterocycles. The highest BCUT2D eigenvalue weighted by atomic mass is 32.1. The van der Waals surface area contributed by atoms with E-state index in [1.165, 1.54) is 21.5 Å². The van der Waals surface area contributed by atoms with Crippen molar-refractivity contribution in [3.63, 3.8) is 0 Å². The molecule has 0 unspecified atom stereocenters. The van der Waals surface area contributed by atoms with Gasteiger partial charge in [-0.2, -0.15) is 0 Å². The van der Waals surface area contributed by atoms with Gasteiger partial charge in [-0.15, -0.1) is 11.3 Å². The first-order chi connectivity index (χ1) is 13.3. The molecule has 0 aliphatic rings. The van der Waals surface area contributed by atoms with Crippen LogP contribution in [0.4, 0.5) is 0 Å². The molecule has 0 bridgehead atoms. The highest BCUT2D eigenvalue weighted by Gasteiger charge is 2.18. The van der Waals surface area contributed by atoms with Gasteiger partial charge in [-0.1, -0.05) is 6.07 Å². The number of nitrogens with one attached hydrogen (secondary N) is 2. The predicted octanol–water partition coefficient (Wildman–Crippen LogP) is 5.26. The van der Waals surface area contributed by atoms with Gasteiger partial charge in [0.2, 0.25) is 0 Å². The number of thiocarbonyl (C=S) groups is 1. The van der Waals surface area contributed by atoms with Crippen molar-refractivity contribution in [2.75, 3.05) is 13.7 Å². The van der Waals surface area contributed by atoms with Gasteiger partial charge in [0.15, 0.2) is 5.11 Å². The van der Waals surface area contributed by atoms with E-state index in [-0.39, 0.29) is 5.54 Å². The van der Waals surface area contributed by atoms with E-state index in [9.17, 15) is 0 Å². The van der Waals surface area contributed by atoms with Crippen LogP contribution in [0.5, 0.6) is 5.75 Å². The number of hydrogen-bond acceptors (Lipinski definition) is 3. The Morgan fingerprint density at radius 1 is 1.29 bits per heavy atom. The SMILES string of the molecule is COc1ccc2[nH]c(C)c(CCN(Cc3cccs3)C(=S)NC(C)(C)C)c2c1. The molecule has 2 aromatic heterocycles. The number of fused-ring (bicyclic) bond motifs is 1. The van der Waals surface area contributed by atoms with Gasteiger partial charge in [-0.3, -0.25) is 0 Å². The topological polar surface area (TPSA) is 40.3 Å². The zero-order chi connectivity index (χ0) is 20.3. The fourth-order valence-corrected chi connectivity index (χ4v) is 4.48. The lowest BCUT2D eigenvalue weighted by molar-refractivity contribution is 0.387. The lowest BCUT2D eigenvalue weighted by atomic mass is 10.1. The summed E-state index contributed by atoms with van der Waals surface area (Å²) in [7, 11) is 1.71. The van der Waals surface area contributed by atoms with Crippen LogP contribution in [0, 0.1) is 6.92 Å². The highest BCUT2D eigenvalue weighted by Crippen LogP contribution is 2.27. The van der Waals surface area contributed by atoms with Gasteiger partial charge in [0, 0.05) is 33.6 Å². The van der Waals surface area contributed by atoms with Gasteiger partial charge >= 0.3 is 0 Å². The summed E-state index contributed by atoms with van der Waals surface area (Å²) in [4.78, 5) is 7.08. The molecule has 2 N–H and O–H groups in total. The zero-order valence-corrected chi connectivity index (χ0v) is 18.9. The van der Waals surface area contributed by atoms with Crippen molar-refractivity contribution in [1.82, 2.24) is 15.2 Å². The Morgan fingerprint density at radius 3 is 2.71 bits per heavy atom. The summed E-state index contributed by atoms with van der Waals surface area (Å²) < 4.78 is 5.42. The number of methoxy groups -OCH3 is 1. The van der Waals surface area contributed by atoms with Crippen molar-refractivity contribution in [2.24, 2.45) is 0 Å². The average molecular weight is 416 g/mol. The van der Waals surface area contributed by atoms with Crippen LogP contribution in [-0.2, 0) is 13.0 Å². The first-order valence-electron chi connectivity index (χ1n) is 9.51. The number of aromatic nitrogens is 1. The maximum atomic E-state index is 5.75. The van der Waals surface area contributed by atoms with Gasteiger partial charge < -0.3 is 19.9 Å². The number of rotatable bonds is 6. The molecule has 0 amide bonds. The Morgan fingerprint density at radius 2 is 2.07 bits per heavy atom. The van der Waals surface area contributed by atoms with Crippen LogP contribution in [0.1, 0.15) is 36.9 Å². The lowest BCUT2D eigenvalue weighted by Gasteiger charge is -2.31. The maximum absolute atomic E-state index is 5.75. The molecule has 150 valence electrons. The molecule has 1 aromatic carbocycles. The molecule has 4 nitrogen and oxygen atoms in total. The smallest absolute Gasteiger partial charge is 0.169 e. The van der Waals surface area contributed by atoms with Gasteiger partial charge in [0.05, 0.1) is 13.7 Å². The lowest BCUT2D eigenvalue weighted by Crippen LogP contribution is -2.48. The van der Waals surface area contributed by atoms with Gasteiger partial charge in [-0.25, -0.2) is 0 Å². The minimum atomic E-state index is -0.0607. The van der Waals surface area contributed by atoms with Crippen LogP contribution < -0.4 is 10.1 Å². The summed E-state index contributed by atoms with van der Waals surface area (Å²) in [6, 6.07) is 10.4. The van der Waals surface area contributed by atoms with Crippen LogP contribution in [0.3, 0.4) is 0 Å². The number of H-pyrrole nitrogens is 1. The molecule has 3 aromatic rings. The fraction of sp³-hybridized carbons (Fsp3) is 0.409. The molecule has 0 saturated carbocycles. The number of aryl methyl sites for hydroxylation is 1. The number of aromatic amines is 1. The second kappa shape index (κ2) is 8.53. The molecule has 0 aliphatic heterocycles. The van der Waals surface area contributed by atoms with E-state index in [1.807, 2.05) is 6.07 Å². The summed E-state index contributed by atoms with van der Waals surface area (Å²) in [6.07, 6.45) is 0.913. The Balaban J connectivity index is 1.82. The second-order valence-corrected chi connectivity index (χ2v) is 9.49. The van der Waals surface area contributed by atoms with E-state index in [0.717, 1.165) is 35.9 Å². The molecule has 2 heterocycles. The number of ether oxygens (including phenoxy) is 1. The molecule has 0 radical (unpaired) electrons. The number of benzene rings is 1. The minimum Gasteiger partial charge on any atom is -0.497 e. The maximum Gasteiger partial charge on any atom is 0.169 e. The molecule has 0 aliphatic carbocycles. The van der Waals surface area contributed by atoms with Crippen molar-refractivity contribution in [3.05, 3.63) is 51.8 Å². The number of thiophene rings is 1. The quantitative estimate of drug-likeness (QED) is 0.539. The van der Waals surface area contributed by atoms with Crippen molar-refractivity contribution in [1.29, 1.82) is 0 Å². The van der Waals surface area contributed by atoms with E-state index < -0.39 is 0 Å². The third kappa shape index (κ3) is 5.06. The molecule has 6 heteroatoms. The molecule has 28 heavy (non-hydrogen) atoms. The summed E-state index contributed by atoms with van der Waals surface area (Å²) in [5, 5.41) is 7.61. The first-order valence-corrected chi connectivity index (χ1v) is 10.8. The molecule has 0 atom stereocenters. The number of nitrogens with zero attached hydrogens (tertiary/aromatic N) is 1. The monoisotopic (exact) mass is 415 g/mol. The highest BCUT2D eigenvalue weighted by molar-refractivity contribution is 7.80. The van der Waals surface area contributed by atoms with Crippen molar-refractivity contribution in [3.8, 4) is 5.75 Å². The van der Waals surface area contributed by atoms with E-state index in [4.69, 9.17) is 17.0 Å². The summed E-state index contributed by atoms with van der Waals surface area (Å²) in [5.41, 5.74) is 3.61. The van der Waals surface area contributed by atoms with Crippen molar-refractivity contribution in [2.45, 2.75) is 46.2 Å². The molecule has 3 rings (SSSR count). The Labute approximate surface area is 176 Å². The molecular weight excluding hydrogens is 386 g/mol. The summed E-state index contributed by atoms with van der Waals surface area (Å²) in [5.74, 6) is 0.883. The van der Waals surface area contributed by atoms with Crippen LogP contribution in [-0.4, -0.2) is 34.2 Å². The molecular formula is C22H29N3OS2. The molecule has 0 fully saturated rings. The van der Waals surface area contributed by atoms with E-state index in [0.29, 0.717) is 0 Å². The van der Waals surface area contributed by atoms with E-state index in [2.05, 4.69) is 72.5 Å². The Hall–Kier alpha value is -2.05. The Kier molecular flexibility index (Phi) is 6.30. The van der Waals surface area contributed by atoms with Crippen LogP contribution in [0.15, 0.2) is 35.7 Å². The molecule has 0 spiro atoms. The minimum absolute atomic E-state index is 0.0607. The predicted molar refractivity (Wildman–Crippen MR) is 124 cm³/mol. The third-order valence-corrected chi connectivity index (χ3v) is 5.88. The van der Waals surface area contributed by atoms with Gasteiger partial charge in [0.25, 0.3) is 0 Å².